The quantitative estimate of drug-likeness (QED) is 0.0789. The lowest BCUT2D eigenvalue weighted by molar-refractivity contribution is -0.137. The molecule has 0 amide bonds. The van der Waals surface area contributed by atoms with E-state index < -0.39 is 58.4 Å². The third-order valence-electron chi connectivity index (χ3n) is 6.68. The lowest BCUT2D eigenvalue weighted by Gasteiger charge is -2.12. The maximum Gasteiger partial charge on any atom is 0.511 e. The van der Waals surface area contributed by atoms with Crippen LogP contribution in [-0.2, 0) is 6.18 Å². The minimum atomic E-state index is -4.74. The monoisotopic (exact) mass is 615 g/mol. The number of nitrogens with zero attached hydrogens (tertiary/aromatic N) is 3. The number of alkyl halides is 3. The third kappa shape index (κ3) is 5.48. The number of benzene rings is 4. The zero-order chi connectivity index (χ0) is 32.1. The predicted octanol–water partition coefficient (Wildman–Crippen LogP) is 9.23. The number of carboxylic acid groups (broad SMARTS) is 1. The van der Waals surface area contributed by atoms with Crippen molar-refractivity contribution in [1.29, 1.82) is 0 Å². The number of halogens is 6. The highest BCUT2D eigenvalue weighted by Crippen LogP contribution is 2.45. The number of hydrogen-bond donors (Lipinski definition) is 3. The normalized spacial score (nSPS) is 11.9. The van der Waals surface area contributed by atoms with Gasteiger partial charge in [0.2, 0.25) is 5.88 Å². The molecule has 4 aromatic carbocycles. The largest absolute Gasteiger partial charge is 0.511 e. The number of aromatic hydroxyl groups is 2. The summed E-state index contributed by atoms with van der Waals surface area (Å²) in [6, 6.07) is 9.69. The Bertz CT molecular complexity index is 1980. The highest BCUT2D eigenvalue weighted by Gasteiger charge is 2.32. The van der Waals surface area contributed by atoms with Crippen molar-refractivity contribution in [2.24, 2.45) is 10.2 Å². The Kier molecular flexibility index (Phi) is 7.45. The van der Waals surface area contributed by atoms with E-state index in [4.69, 9.17) is 5.11 Å². The summed E-state index contributed by atoms with van der Waals surface area (Å²) in [4.78, 5) is 10.9. The summed E-state index contributed by atoms with van der Waals surface area (Å²) >= 11 is 0. The summed E-state index contributed by atoms with van der Waals surface area (Å²) in [7, 11) is 0. The molecule has 1 heterocycles. The number of hydrogen-bond acceptors (Lipinski definition) is 6. The zero-order valence-electron chi connectivity index (χ0n) is 22.5. The molecule has 0 spiro atoms. The van der Waals surface area contributed by atoms with E-state index >= 15 is 0 Å². The van der Waals surface area contributed by atoms with Crippen LogP contribution in [0.3, 0.4) is 0 Å². The lowest BCUT2D eigenvalue weighted by Crippen LogP contribution is -2.05. The van der Waals surface area contributed by atoms with Crippen LogP contribution >= 0.6 is 0 Å². The molecule has 226 valence electrons. The Morgan fingerprint density at radius 3 is 2.20 bits per heavy atom. The number of aromatic nitrogens is 1. The number of rotatable bonds is 5. The van der Waals surface area contributed by atoms with Crippen molar-refractivity contribution in [2.75, 3.05) is 0 Å². The summed E-state index contributed by atoms with van der Waals surface area (Å²) < 4.78 is 89.1. The fourth-order valence-electron chi connectivity index (χ4n) is 4.67. The number of ether oxygens (including phenoxy) is 1. The molecule has 0 aliphatic carbocycles. The molecule has 5 aromatic rings. The fourth-order valence-corrected chi connectivity index (χ4v) is 4.67. The second kappa shape index (κ2) is 10.9. The molecule has 0 unspecified atom stereocenters. The molecule has 0 aliphatic heterocycles. The summed E-state index contributed by atoms with van der Waals surface area (Å²) in [6.45, 7) is 2.89. The molecule has 44 heavy (non-hydrogen) atoms. The molecular weight excluding hydrogens is 596 g/mol. The lowest BCUT2D eigenvalue weighted by atomic mass is 10.0. The van der Waals surface area contributed by atoms with Gasteiger partial charge in [-0.05, 0) is 79.1 Å². The van der Waals surface area contributed by atoms with Crippen molar-refractivity contribution in [3.05, 3.63) is 94.8 Å². The van der Waals surface area contributed by atoms with Gasteiger partial charge in [0.25, 0.3) is 0 Å². The number of phenolic OH excluding ortho intramolecular Hbond substituents is 1. The maximum atomic E-state index is 14.6. The minimum Gasteiger partial charge on any atom is -0.505 e. The van der Waals surface area contributed by atoms with Gasteiger partial charge >= 0.3 is 12.3 Å². The predicted molar refractivity (Wildman–Crippen MR) is 146 cm³/mol. The number of aryl methyl sites for hydroxylation is 2. The standard InChI is InChI=1S/C30H19F6N3O5/c1-13-7-18(8-14(2)25(13)33)39-23-10-16(30(34,35)36)4-5-19(23)26(28(39)41)38-37-22-12-17(31)11-20(27(22)40)15-3-6-21(32)24(9-15)44-29(42)43/h3-12,40-41H,1-2H3,(H,42,43). The molecular formula is C30H19F6N3O5. The van der Waals surface area contributed by atoms with Crippen LogP contribution in [0.25, 0.3) is 27.7 Å². The Hall–Kier alpha value is -5.53. The van der Waals surface area contributed by atoms with Crippen molar-refractivity contribution in [2.45, 2.75) is 20.0 Å². The van der Waals surface area contributed by atoms with Gasteiger partial charge in [-0.2, -0.15) is 13.2 Å². The van der Waals surface area contributed by atoms with Crippen LogP contribution in [0.5, 0.6) is 17.4 Å². The van der Waals surface area contributed by atoms with Gasteiger partial charge in [0.1, 0.15) is 17.3 Å². The molecule has 5 rings (SSSR count). The first-order chi connectivity index (χ1) is 20.6. The van der Waals surface area contributed by atoms with E-state index in [1.165, 1.54) is 26.0 Å². The smallest absolute Gasteiger partial charge is 0.505 e. The average Bonchev–Trinajstić information content (AvgIpc) is 3.22. The molecule has 0 fully saturated rings. The van der Waals surface area contributed by atoms with Gasteiger partial charge in [-0.1, -0.05) is 6.07 Å². The molecule has 0 atom stereocenters. The number of phenols is 1. The van der Waals surface area contributed by atoms with Crippen LogP contribution in [-0.4, -0.2) is 26.0 Å². The molecule has 0 saturated carbocycles. The Morgan fingerprint density at radius 1 is 0.886 bits per heavy atom. The molecule has 0 radical (unpaired) electrons. The highest BCUT2D eigenvalue weighted by molar-refractivity contribution is 5.97. The highest BCUT2D eigenvalue weighted by atomic mass is 19.4. The van der Waals surface area contributed by atoms with Crippen molar-refractivity contribution in [1.82, 2.24) is 4.57 Å². The third-order valence-corrected chi connectivity index (χ3v) is 6.68. The second-order valence-corrected chi connectivity index (χ2v) is 9.67. The van der Waals surface area contributed by atoms with Crippen molar-refractivity contribution < 1.29 is 51.2 Å². The van der Waals surface area contributed by atoms with E-state index in [-0.39, 0.29) is 44.5 Å². The summed E-state index contributed by atoms with van der Waals surface area (Å²) in [5.41, 5.74) is -1.92. The maximum absolute atomic E-state index is 14.6. The van der Waals surface area contributed by atoms with Gasteiger partial charge in [0.05, 0.1) is 11.1 Å². The molecule has 0 saturated heterocycles. The molecule has 14 heteroatoms. The van der Waals surface area contributed by atoms with Gasteiger partial charge in [-0.25, -0.2) is 18.0 Å². The zero-order valence-corrected chi connectivity index (χ0v) is 22.5. The van der Waals surface area contributed by atoms with E-state index in [1.807, 2.05) is 0 Å². The van der Waals surface area contributed by atoms with E-state index in [0.29, 0.717) is 0 Å². The van der Waals surface area contributed by atoms with Crippen molar-refractivity contribution in [3.8, 4) is 34.2 Å². The van der Waals surface area contributed by atoms with E-state index in [1.54, 1.807) is 0 Å². The molecule has 8 nitrogen and oxygen atoms in total. The van der Waals surface area contributed by atoms with Crippen LogP contribution in [0.1, 0.15) is 16.7 Å². The average molecular weight is 615 g/mol. The summed E-state index contributed by atoms with van der Waals surface area (Å²) in [5.74, 6) is -4.62. The van der Waals surface area contributed by atoms with Gasteiger partial charge in [-0.15, -0.1) is 10.2 Å². The van der Waals surface area contributed by atoms with Crippen LogP contribution in [0.4, 0.5) is 42.5 Å². The summed E-state index contributed by atoms with van der Waals surface area (Å²) in [6.07, 6.45) is -6.55. The number of fused-ring (bicyclic) bond motifs is 1. The molecule has 0 aliphatic rings. The first-order valence-electron chi connectivity index (χ1n) is 12.5. The number of azo groups is 1. The second-order valence-electron chi connectivity index (χ2n) is 9.67. The van der Waals surface area contributed by atoms with Gasteiger partial charge in [0.15, 0.2) is 23.0 Å². The topological polar surface area (TPSA) is 117 Å². The van der Waals surface area contributed by atoms with E-state index in [0.717, 1.165) is 53.1 Å². The van der Waals surface area contributed by atoms with Crippen LogP contribution < -0.4 is 4.74 Å². The van der Waals surface area contributed by atoms with Crippen LogP contribution in [0, 0.1) is 31.3 Å². The van der Waals surface area contributed by atoms with Crippen LogP contribution in [0.2, 0.25) is 0 Å². The number of carbonyl (C=O) groups is 1. The SMILES string of the molecule is Cc1cc(-n2c(O)c(N=Nc3cc(F)cc(-c4ccc(F)c(OC(=O)O)c4)c3O)c3ccc(C(F)(F)F)cc32)cc(C)c1F. The molecule has 3 N–H and O–H groups in total. The Balaban J connectivity index is 1.68. The Morgan fingerprint density at radius 2 is 1.57 bits per heavy atom. The molecule has 0 bridgehead atoms. The van der Waals surface area contributed by atoms with Gasteiger partial charge in [0, 0.05) is 22.7 Å². The molecule has 1 aromatic heterocycles. The van der Waals surface area contributed by atoms with E-state index in [2.05, 4.69) is 15.0 Å². The fraction of sp³-hybridized carbons (Fsp3) is 0.100. The van der Waals surface area contributed by atoms with Gasteiger partial charge in [-0.3, -0.25) is 4.57 Å². The van der Waals surface area contributed by atoms with Crippen molar-refractivity contribution >= 4 is 28.4 Å². The first kappa shape index (κ1) is 29.9. The first-order valence-corrected chi connectivity index (χ1v) is 12.5. The summed E-state index contributed by atoms with van der Waals surface area (Å²) in [5, 5.41) is 38.6. The van der Waals surface area contributed by atoms with E-state index in [9.17, 15) is 41.4 Å². The minimum absolute atomic E-state index is 0.0102. The van der Waals surface area contributed by atoms with Crippen molar-refractivity contribution in [3.63, 3.8) is 0 Å². The Labute approximate surface area is 243 Å². The van der Waals surface area contributed by atoms with Gasteiger partial charge < -0.3 is 20.1 Å². The van der Waals surface area contributed by atoms with Crippen LogP contribution in [0.15, 0.2) is 70.9 Å².